The van der Waals surface area contributed by atoms with Crippen LogP contribution in [-0.2, 0) is 6.54 Å². The molecule has 8 heteroatoms. The van der Waals surface area contributed by atoms with Crippen LogP contribution in [0.15, 0.2) is 47.4 Å². The zero-order valence-corrected chi connectivity index (χ0v) is 16.4. The number of hydrogen-bond acceptors (Lipinski definition) is 4. The average Bonchev–Trinajstić information content (AvgIpc) is 2.70. The SMILES string of the molecule is CN1CCN(c2cc3c(cc2F)c(=O)c(C(=O)O)cn3Cc2cccc(F)c2)CC1. The maximum absolute atomic E-state index is 14.9. The van der Waals surface area contributed by atoms with Gasteiger partial charge in [-0.05, 0) is 36.9 Å². The molecule has 0 bridgehead atoms. The molecule has 1 aliphatic rings. The zero-order chi connectivity index (χ0) is 21.4. The number of rotatable bonds is 4. The summed E-state index contributed by atoms with van der Waals surface area (Å²) in [6.45, 7) is 2.99. The van der Waals surface area contributed by atoms with Crippen LogP contribution in [0.2, 0.25) is 0 Å². The molecule has 1 N–H and O–H groups in total. The molecule has 1 aliphatic heterocycles. The number of anilines is 1. The lowest BCUT2D eigenvalue weighted by Crippen LogP contribution is -2.44. The summed E-state index contributed by atoms with van der Waals surface area (Å²) in [5.41, 5.74) is 0.180. The second-order valence-corrected chi connectivity index (χ2v) is 7.55. The molecule has 2 aromatic carbocycles. The van der Waals surface area contributed by atoms with Crippen LogP contribution < -0.4 is 10.3 Å². The smallest absolute Gasteiger partial charge is 0.341 e. The van der Waals surface area contributed by atoms with E-state index in [0.29, 0.717) is 29.9 Å². The fraction of sp³-hybridized carbons (Fsp3) is 0.273. The Bertz CT molecular complexity index is 1180. The van der Waals surface area contributed by atoms with E-state index in [2.05, 4.69) is 4.90 Å². The standard InChI is InChI=1S/C22H21F2N3O3/c1-25-5-7-26(8-6-25)20-11-19-16(10-18(20)24)21(28)17(22(29)30)13-27(19)12-14-3-2-4-15(23)9-14/h2-4,9-11,13H,5-8,12H2,1H3,(H,29,30). The van der Waals surface area contributed by atoms with Gasteiger partial charge in [-0.25, -0.2) is 13.6 Å². The van der Waals surface area contributed by atoms with Gasteiger partial charge in [-0.2, -0.15) is 0 Å². The fourth-order valence-corrected chi connectivity index (χ4v) is 3.80. The minimum Gasteiger partial charge on any atom is -0.477 e. The Balaban J connectivity index is 1.89. The summed E-state index contributed by atoms with van der Waals surface area (Å²) >= 11 is 0. The third kappa shape index (κ3) is 3.78. The van der Waals surface area contributed by atoms with E-state index in [1.165, 1.54) is 18.3 Å². The Morgan fingerprint density at radius 1 is 1.10 bits per heavy atom. The predicted molar refractivity (Wildman–Crippen MR) is 110 cm³/mol. The molecule has 156 valence electrons. The first kappa shape index (κ1) is 20.0. The third-order valence-electron chi connectivity index (χ3n) is 5.47. The van der Waals surface area contributed by atoms with Crippen LogP contribution in [0.3, 0.4) is 0 Å². The molecule has 0 unspecified atom stereocenters. The molecule has 0 amide bonds. The second kappa shape index (κ2) is 7.87. The Kier molecular flexibility index (Phi) is 5.26. The number of carbonyl (C=O) groups is 1. The minimum absolute atomic E-state index is 0.0123. The number of benzene rings is 2. The lowest BCUT2D eigenvalue weighted by atomic mass is 10.1. The molecular weight excluding hydrogens is 392 g/mol. The summed E-state index contributed by atoms with van der Waals surface area (Å²) in [5.74, 6) is -2.37. The molecule has 1 saturated heterocycles. The lowest BCUT2D eigenvalue weighted by Gasteiger charge is -2.34. The van der Waals surface area contributed by atoms with Crippen molar-refractivity contribution in [1.82, 2.24) is 9.47 Å². The maximum Gasteiger partial charge on any atom is 0.341 e. The molecule has 0 atom stereocenters. The van der Waals surface area contributed by atoms with E-state index < -0.39 is 28.6 Å². The number of likely N-dealkylation sites (N-methyl/N-ethyl adjacent to an activating group) is 1. The molecule has 2 heterocycles. The van der Waals surface area contributed by atoms with Crippen LogP contribution in [-0.4, -0.2) is 53.8 Å². The number of piperazine rings is 1. The van der Waals surface area contributed by atoms with E-state index in [-0.39, 0.29) is 11.9 Å². The van der Waals surface area contributed by atoms with Crippen molar-refractivity contribution in [2.75, 3.05) is 38.1 Å². The normalized spacial score (nSPS) is 15.0. The van der Waals surface area contributed by atoms with Crippen LogP contribution in [0.1, 0.15) is 15.9 Å². The monoisotopic (exact) mass is 413 g/mol. The Labute approximate surface area is 171 Å². The highest BCUT2D eigenvalue weighted by atomic mass is 19.1. The lowest BCUT2D eigenvalue weighted by molar-refractivity contribution is 0.0695. The zero-order valence-electron chi connectivity index (χ0n) is 16.4. The molecule has 1 aromatic heterocycles. The number of carboxylic acid groups (broad SMARTS) is 1. The van der Waals surface area contributed by atoms with Crippen molar-refractivity contribution in [2.24, 2.45) is 0 Å². The van der Waals surface area contributed by atoms with Crippen molar-refractivity contribution in [1.29, 1.82) is 0 Å². The Morgan fingerprint density at radius 2 is 1.83 bits per heavy atom. The Morgan fingerprint density at radius 3 is 2.50 bits per heavy atom. The molecule has 0 radical (unpaired) electrons. The maximum atomic E-state index is 14.9. The first-order valence-electron chi connectivity index (χ1n) is 9.61. The van der Waals surface area contributed by atoms with Crippen molar-refractivity contribution in [2.45, 2.75) is 6.54 Å². The van der Waals surface area contributed by atoms with Crippen LogP contribution in [0.25, 0.3) is 10.9 Å². The van der Waals surface area contributed by atoms with Gasteiger partial charge in [0.05, 0.1) is 11.2 Å². The Hall–Kier alpha value is -3.26. The molecule has 0 spiro atoms. The summed E-state index contributed by atoms with van der Waals surface area (Å²) in [6, 6.07) is 8.62. The van der Waals surface area contributed by atoms with Crippen molar-refractivity contribution < 1.29 is 18.7 Å². The molecule has 6 nitrogen and oxygen atoms in total. The van der Waals surface area contributed by atoms with Gasteiger partial charge in [0, 0.05) is 44.3 Å². The summed E-state index contributed by atoms with van der Waals surface area (Å²) in [6.07, 6.45) is 1.24. The van der Waals surface area contributed by atoms with Gasteiger partial charge in [-0.1, -0.05) is 12.1 Å². The molecule has 30 heavy (non-hydrogen) atoms. The number of fused-ring (bicyclic) bond motifs is 1. The van der Waals surface area contributed by atoms with Crippen LogP contribution in [0, 0.1) is 11.6 Å². The molecule has 1 fully saturated rings. The first-order valence-corrected chi connectivity index (χ1v) is 9.61. The van der Waals surface area contributed by atoms with Crippen molar-refractivity contribution >= 4 is 22.6 Å². The quantitative estimate of drug-likeness (QED) is 0.713. The molecule has 0 aliphatic carbocycles. The van der Waals surface area contributed by atoms with Gasteiger partial charge >= 0.3 is 5.97 Å². The largest absolute Gasteiger partial charge is 0.477 e. The van der Waals surface area contributed by atoms with Crippen molar-refractivity contribution in [3.8, 4) is 0 Å². The van der Waals surface area contributed by atoms with Gasteiger partial charge in [-0.15, -0.1) is 0 Å². The van der Waals surface area contributed by atoms with Crippen molar-refractivity contribution in [3.05, 3.63) is 75.6 Å². The third-order valence-corrected chi connectivity index (χ3v) is 5.47. The van der Waals surface area contributed by atoms with E-state index in [1.54, 1.807) is 22.8 Å². The van der Waals surface area contributed by atoms with Gasteiger partial charge in [0.15, 0.2) is 0 Å². The van der Waals surface area contributed by atoms with E-state index in [9.17, 15) is 23.5 Å². The number of aromatic nitrogens is 1. The number of nitrogens with zero attached hydrogens (tertiary/aromatic N) is 3. The summed E-state index contributed by atoms with van der Waals surface area (Å²) < 4.78 is 30.1. The van der Waals surface area contributed by atoms with Crippen molar-refractivity contribution in [3.63, 3.8) is 0 Å². The molecule has 0 saturated carbocycles. The van der Waals surface area contributed by atoms with E-state index in [4.69, 9.17) is 0 Å². The predicted octanol–water partition coefficient (Wildman–Crippen LogP) is 2.78. The number of carboxylic acids is 1. The molecule has 3 aromatic rings. The fourth-order valence-electron chi connectivity index (χ4n) is 3.80. The molecule has 4 rings (SSSR count). The first-order chi connectivity index (χ1) is 14.3. The second-order valence-electron chi connectivity index (χ2n) is 7.55. The van der Waals surface area contributed by atoms with Gasteiger partial charge in [0.2, 0.25) is 5.43 Å². The van der Waals surface area contributed by atoms with E-state index >= 15 is 0 Å². The minimum atomic E-state index is -1.39. The molecular formula is C22H21F2N3O3. The highest BCUT2D eigenvalue weighted by Gasteiger charge is 2.21. The highest BCUT2D eigenvalue weighted by molar-refractivity contribution is 5.93. The highest BCUT2D eigenvalue weighted by Crippen LogP contribution is 2.26. The van der Waals surface area contributed by atoms with E-state index in [0.717, 1.165) is 19.2 Å². The average molecular weight is 413 g/mol. The van der Waals surface area contributed by atoms with E-state index in [1.807, 2.05) is 11.9 Å². The van der Waals surface area contributed by atoms with Gasteiger partial charge < -0.3 is 19.5 Å². The van der Waals surface area contributed by atoms with Gasteiger partial charge in [-0.3, -0.25) is 4.79 Å². The summed E-state index contributed by atoms with van der Waals surface area (Å²) in [7, 11) is 2.00. The van der Waals surface area contributed by atoms with Crippen LogP contribution in [0.4, 0.5) is 14.5 Å². The number of hydrogen-bond donors (Lipinski definition) is 1. The van der Waals surface area contributed by atoms with Crippen LogP contribution >= 0.6 is 0 Å². The van der Waals surface area contributed by atoms with Gasteiger partial charge in [0.1, 0.15) is 17.2 Å². The van der Waals surface area contributed by atoms with Gasteiger partial charge in [0.25, 0.3) is 0 Å². The number of halogens is 2. The topological polar surface area (TPSA) is 65.8 Å². The summed E-state index contributed by atoms with van der Waals surface area (Å²) in [4.78, 5) is 28.3. The number of aromatic carboxylic acids is 1. The number of pyridine rings is 1. The summed E-state index contributed by atoms with van der Waals surface area (Å²) in [5, 5.41) is 9.42. The van der Waals surface area contributed by atoms with Crippen LogP contribution in [0.5, 0.6) is 0 Å².